The van der Waals surface area contributed by atoms with Crippen LogP contribution in [0.1, 0.15) is 29.2 Å². The highest BCUT2D eigenvalue weighted by molar-refractivity contribution is 6.04. The van der Waals surface area contributed by atoms with Crippen LogP contribution in [0.15, 0.2) is 73.1 Å². The van der Waals surface area contributed by atoms with Crippen molar-refractivity contribution in [3.8, 4) is 11.5 Å². The fraction of sp³-hybridized carbons (Fsp3) is 0.130. The van der Waals surface area contributed by atoms with Crippen LogP contribution < -0.4 is 10.6 Å². The van der Waals surface area contributed by atoms with Gasteiger partial charge in [0.05, 0.1) is 5.56 Å². The zero-order valence-electron chi connectivity index (χ0n) is 16.9. The Morgan fingerprint density at radius 2 is 1.81 bits per heavy atom. The van der Waals surface area contributed by atoms with E-state index in [1.807, 2.05) is 41.0 Å². The van der Waals surface area contributed by atoms with Gasteiger partial charge in [-0.05, 0) is 55.3 Å². The molecule has 0 atom stereocenters. The molecule has 2 aromatic heterocycles. The number of aromatic nitrogens is 4. The van der Waals surface area contributed by atoms with Gasteiger partial charge in [0, 0.05) is 17.4 Å². The summed E-state index contributed by atoms with van der Waals surface area (Å²) in [5.74, 6) is -0.226. The van der Waals surface area contributed by atoms with E-state index in [4.69, 9.17) is 0 Å². The van der Waals surface area contributed by atoms with Crippen molar-refractivity contribution in [2.75, 3.05) is 10.6 Å². The first kappa shape index (κ1) is 21.5. The molecule has 7 nitrogen and oxygen atoms in total. The van der Waals surface area contributed by atoms with E-state index in [1.165, 1.54) is 12.1 Å². The smallest absolute Gasteiger partial charge is 0.259 e. The van der Waals surface area contributed by atoms with Crippen molar-refractivity contribution < 1.29 is 9.18 Å². The maximum atomic E-state index is 14.4. The van der Waals surface area contributed by atoms with Crippen LogP contribution in [0.25, 0.3) is 11.5 Å². The predicted molar refractivity (Wildman–Crippen MR) is 123 cm³/mol. The average molecular weight is 451 g/mol. The minimum atomic E-state index is -0.610. The highest BCUT2D eigenvalue weighted by Gasteiger charge is 2.27. The van der Waals surface area contributed by atoms with Crippen LogP contribution >= 0.6 is 12.4 Å². The number of hydrogen-bond acceptors (Lipinski definition) is 5. The normalized spacial score (nSPS) is 12.7. The summed E-state index contributed by atoms with van der Waals surface area (Å²) in [6.07, 6.45) is 3.88. The molecule has 2 aromatic carbocycles. The number of amides is 1. The molecule has 1 amide bonds. The number of hydrogen-bond donors (Lipinski definition) is 2. The summed E-state index contributed by atoms with van der Waals surface area (Å²) < 4.78 is 16.4. The Balaban J connectivity index is 0.00000245. The van der Waals surface area contributed by atoms with Gasteiger partial charge in [-0.1, -0.05) is 24.3 Å². The van der Waals surface area contributed by atoms with Gasteiger partial charge in [0.25, 0.3) is 5.91 Å². The summed E-state index contributed by atoms with van der Waals surface area (Å²) in [6.45, 7) is 0. The molecule has 2 N–H and O–H groups in total. The SMILES string of the molecule is Cl.O=C(Nc1cccc(-c2nncn2C2CC2)n1)c1cc(Nc2ccccc2)ccc1F. The number of halogens is 2. The molecule has 1 fully saturated rings. The Bertz CT molecular complexity index is 1240. The molecule has 5 rings (SSSR count). The molecular formula is C23H20ClFN6O. The predicted octanol–water partition coefficient (Wildman–Crippen LogP) is 5.23. The quantitative estimate of drug-likeness (QED) is 0.420. The molecule has 0 bridgehead atoms. The molecule has 0 radical (unpaired) electrons. The Hall–Kier alpha value is -3.78. The second-order valence-electron chi connectivity index (χ2n) is 7.34. The zero-order chi connectivity index (χ0) is 21.2. The Kier molecular flexibility index (Phi) is 6.13. The van der Waals surface area contributed by atoms with Gasteiger partial charge in [-0.25, -0.2) is 9.37 Å². The molecule has 1 aliphatic rings. The fourth-order valence-electron chi connectivity index (χ4n) is 3.32. The minimum Gasteiger partial charge on any atom is -0.356 e. The number of nitrogens with one attached hydrogen (secondary N) is 2. The lowest BCUT2D eigenvalue weighted by Crippen LogP contribution is -2.15. The number of rotatable bonds is 6. The van der Waals surface area contributed by atoms with Crippen LogP contribution in [0.5, 0.6) is 0 Å². The van der Waals surface area contributed by atoms with Crippen molar-refractivity contribution in [3.63, 3.8) is 0 Å². The van der Waals surface area contributed by atoms with Crippen LogP contribution in [0.2, 0.25) is 0 Å². The van der Waals surface area contributed by atoms with E-state index >= 15 is 0 Å². The van der Waals surface area contributed by atoms with Crippen molar-refractivity contribution >= 4 is 35.5 Å². The summed E-state index contributed by atoms with van der Waals surface area (Å²) in [4.78, 5) is 17.2. The van der Waals surface area contributed by atoms with Gasteiger partial charge >= 0.3 is 0 Å². The van der Waals surface area contributed by atoms with Crippen LogP contribution in [0.4, 0.5) is 21.6 Å². The summed E-state index contributed by atoms with van der Waals surface area (Å²) in [7, 11) is 0. The number of benzene rings is 2. The molecule has 0 spiro atoms. The van der Waals surface area contributed by atoms with Crippen LogP contribution in [-0.4, -0.2) is 25.7 Å². The van der Waals surface area contributed by atoms with Crippen molar-refractivity contribution in [3.05, 3.63) is 84.4 Å². The number of carbonyl (C=O) groups is 1. The average Bonchev–Trinajstić information content (AvgIpc) is 3.52. The van der Waals surface area contributed by atoms with Gasteiger partial charge in [-0.15, -0.1) is 22.6 Å². The first-order valence-electron chi connectivity index (χ1n) is 9.97. The number of pyridine rings is 1. The highest BCUT2D eigenvalue weighted by Crippen LogP contribution is 2.37. The molecule has 0 saturated heterocycles. The molecular weight excluding hydrogens is 431 g/mol. The lowest BCUT2D eigenvalue weighted by Gasteiger charge is -2.10. The van der Waals surface area contributed by atoms with E-state index in [0.717, 1.165) is 18.5 Å². The van der Waals surface area contributed by atoms with Gasteiger partial charge in [-0.2, -0.15) is 0 Å². The second-order valence-corrected chi connectivity index (χ2v) is 7.34. The third-order valence-electron chi connectivity index (χ3n) is 5.01. The third-order valence-corrected chi connectivity index (χ3v) is 5.01. The number of anilines is 3. The monoisotopic (exact) mass is 450 g/mol. The van der Waals surface area contributed by atoms with E-state index in [-0.39, 0.29) is 18.0 Å². The molecule has 1 aliphatic carbocycles. The van der Waals surface area contributed by atoms with Gasteiger partial charge in [0.15, 0.2) is 5.82 Å². The number of para-hydroxylation sites is 1. The topological polar surface area (TPSA) is 84.7 Å². The van der Waals surface area contributed by atoms with Gasteiger partial charge in [0.1, 0.15) is 23.7 Å². The van der Waals surface area contributed by atoms with Crippen LogP contribution in [0.3, 0.4) is 0 Å². The number of nitrogens with zero attached hydrogens (tertiary/aromatic N) is 4. The van der Waals surface area contributed by atoms with Crippen LogP contribution in [0, 0.1) is 5.82 Å². The first-order chi connectivity index (χ1) is 15.2. The lowest BCUT2D eigenvalue weighted by atomic mass is 10.1. The molecule has 0 aliphatic heterocycles. The molecule has 9 heteroatoms. The summed E-state index contributed by atoms with van der Waals surface area (Å²) in [5.41, 5.74) is 1.98. The fourth-order valence-corrected chi connectivity index (χ4v) is 3.32. The molecule has 2 heterocycles. The zero-order valence-corrected chi connectivity index (χ0v) is 17.7. The minimum absolute atomic E-state index is 0. The highest BCUT2D eigenvalue weighted by atomic mass is 35.5. The van der Waals surface area contributed by atoms with Gasteiger partial charge in [-0.3, -0.25) is 4.79 Å². The van der Waals surface area contributed by atoms with E-state index in [2.05, 4.69) is 25.8 Å². The van der Waals surface area contributed by atoms with Gasteiger partial charge in [0.2, 0.25) is 0 Å². The first-order valence-corrected chi connectivity index (χ1v) is 9.97. The van der Waals surface area contributed by atoms with Crippen molar-refractivity contribution in [2.45, 2.75) is 18.9 Å². The largest absolute Gasteiger partial charge is 0.356 e. The Labute approximate surface area is 190 Å². The maximum absolute atomic E-state index is 14.4. The molecule has 1 saturated carbocycles. The lowest BCUT2D eigenvalue weighted by molar-refractivity contribution is 0.102. The molecule has 4 aromatic rings. The standard InChI is InChI=1S/C23H19FN6O.ClH/c24-19-12-9-16(26-15-5-2-1-3-6-15)13-18(19)23(31)28-21-8-4-7-20(27-21)22-29-25-14-30(22)17-10-11-17;/h1-9,12-14,17,26H,10-11H2,(H,27,28,31);1H. The Morgan fingerprint density at radius 1 is 1.00 bits per heavy atom. The van der Waals surface area contributed by atoms with E-state index < -0.39 is 11.7 Å². The van der Waals surface area contributed by atoms with Crippen LogP contribution in [-0.2, 0) is 0 Å². The molecule has 32 heavy (non-hydrogen) atoms. The second kappa shape index (κ2) is 9.15. The van der Waals surface area contributed by atoms with Crippen molar-refractivity contribution in [1.82, 2.24) is 19.7 Å². The maximum Gasteiger partial charge on any atom is 0.259 e. The summed E-state index contributed by atoms with van der Waals surface area (Å²) in [5, 5.41) is 14.0. The third kappa shape index (κ3) is 4.60. The van der Waals surface area contributed by atoms with E-state index in [0.29, 0.717) is 29.1 Å². The molecule has 162 valence electrons. The van der Waals surface area contributed by atoms with E-state index in [1.54, 1.807) is 24.5 Å². The van der Waals surface area contributed by atoms with Crippen molar-refractivity contribution in [1.29, 1.82) is 0 Å². The van der Waals surface area contributed by atoms with Gasteiger partial charge < -0.3 is 15.2 Å². The Morgan fingerprint density at radius 3 is 2.59 bits per heavy atom. The summed E-state index contributed by atoms with van der Waals surface area (Å²) >= 11 is 0. The van der Waals surface area contributed by atoms with Crippen molar-refractivity contribution in [2.24, 2.45) is 0 Å². The summed E-state index contributed by atoms with van der Waals surface area (Å²) in [6, 6.07) is 19.4. The van der Waals surface area contributed by atoms with E-state index in [9.17, 15) is 9.18 Å². The molecule has 0 unspecified atom stereocenters. The number of carbonyl (C=O) groups excluding carboxylic acids is 1.